The summed E-state index contributed by atoms with van der Waals surface area (Å²) < 4.78 is 21.7. The molecule has 0 heterocycles. The van der Waals surface area contributed by atoms with Gasteiger partial charge in [-0.25, -0.2) is 19.2 Å². The minimum Gasteiger partial charge on any atom is -0.462 e. The molecule has 4 unspecified atom stereocenters. The molecule has 8 N–H and O–H groups in total. The van der Waals surface area contributed by atoms with Crippen molar-refractivity contribution in [2.45, 2.75) is 101 Å². The predicted molar refractivity (Wildman–Crippen MR) is 201 cm³/mol. The molecule has 16 heteroatoms. The third kappa shape index (κ3) is 18.8. The van der Waals surface area contributed by atoms with Crippen molar-refractivity contribution in [3.63, 3.8) is 0 Å². The second-order valence-corrected chi connectivity index (χ2v) is 13.5. The lowest BCUT2D eigenvalue weighted by atomic mass is 9.96. The molecule has 0 aliphatic heterocycles. The SMILES string of the molecule is O=C(OCCCCC(O)CO)c1cc(C(=O)OCCCCC(O)CO)cc(-c2cc(C(=O)OCCCCC(O)CO)cc(C(=O)OCCCCC(O)CO)c2)c1. The smallest absolute Gasteiger partial charge is 0.338 e. The van der Waals surface area contributed by atoms with E-state index in [1.807, 2.05) is 0 Å². The van der Waals surface area contributed by atoms with E-state index in [-0.39, 0.29) is 86.2 Å². The summed E-state index contributed by atoms with van der Waals surface area (Å²) in [6.45, 7) is -1.62. The molecule has 0 aliphatic carbocycles. The minimum absolute atomic E-state index is 0.0179. The van der Waals surface area contributed by atoms with Gasteiger partial charge in [0.2, 0.25) is 0 Å². The Labute approximate surface area is 326 Å². The van der Waals surface area contributed by atoms with E-state index in [4.69, 9.17) is 39.4 Å². The van der Waals surface area contributed by atoms with E-state index in [0.29, 0.717) is 77.0 Å². The van der Waals surface area contributed by atoms with Gasteiger partial charge in [0.1, 0.15) is 0 Å². The molecule has 0 aliphatic rings. The second-order valence-electron chi connectivity index (χ2n) is 13.5. The molecular formula is C40H58O16. The number of hydrogen-bond donors (Lipinski definition) is 8. The van der Waals surface area contributed by atoms with Crippen molar-refractivity contribution in [3.8, 4) is 11.1 Å². The van der Waals surface area contributed by atoms with E-state index < -0.39 is 48.3 Å². The number of carbonyl (C=O) groups is 4. The van der Waals surface area contributed by atoms with Crippen molar-refractivity contribution < 1.29 is 79.0 Å². The maximum atomic E-state index is 13.2. The fourth-order valence-corrected chi connectivity index (χ4v) is 5.35. The fraction of sp³-hybridized carbons (Fsp3) is 0.600. The highest BCUT2D eigenvalue weighted by Crippen LogP contribution is 2.27. The van der Waals surface area contributed by atoms with Crippen molar-refractivity contribution in [2.75, 3.05) is 52.9 Å². The summed E-state index contributed by atoms with van der Waals surface area (Å²) in [5.74, 6) is -3.13. The molecule has 0 bridgehead atoms. The first-order valence-electron chi connectivity index (χ1n) is 19.1. The van der Waals surface area contributed by atoms with Gasteiger partial charge in [-0.3, -0.25) is 0 Å². The number of aliphatic hydroxyl groups is 8. The zero-order chi connectivity index (χ0) is 41.3. The average Bonchev–Trinajstić information content (AvgIpc) is 3.21. The molecule has 0 fully saturated rings. The Balaban J connectivity index is 2.42. The molecule has 2 aromatic rings. The molecule has 314 valence electrons. The molecule has 0 spiro atoms. The van der Waals surface area contributed by atoms with E-state index in [0.717, 1.165) is 0 Å². The predicted octanol–water partition coefficient (Wildman–Crippen LogP) is 2.07. The number of benzene rings is 2. The number of esters is 4. The summed E-state index contributed by atoms with van der Waals surface area (Å²) in [5, 5.41) is 74.4. The van der Waals surface area contributed by atoms with Crippen molar-refractivity contribution in [2.24, 2.45) is 0 Å². The third-order valence-corrected chi connectivity index (χ3v) is 8.64. The molecule has 4 atom stereocenters. The molecule has 0 aromatic heterocycles. The van der Waals surface area contributed by atoms with Crippen LogP contribution < -0.4 is 0 Å². The third-order valence-electron chi connectivity index (χ3n) is 8.64. The minimum atomic E-state index is -0.886. The van der Waals surface area contributed by atoms with Crippen LogP contribution in [0.15, 0.2) is 36.4 Å². The Morgan fingerprint density at radius 2 is 0.589 bits per heavy atom. The number of ether oxygens (including phenoxy) is 4. The van der Waals surface area contributed by atoms with Gasteiger partial charge in [-0.2, -0.15) is 0 Å². The summed E-state index contributed by atoms with van der Waals surface area (Å²) in [6, 6.07) is 8.25. The first kappa shape index (κ1) is 48.1. The number of rotatable bonds is 29. The molecule has 0 saturated heterocycles. The van der Waals surface area contributed by atoms with Crippen LogP contribution in [0.5, 0.6) is 0 Å². The van der Waals surface area contributed by atoms with Gasteiger partial charge < -0.3 is 59.8 Å². The van der Waals surface area contributed by atoms with Crippen LogP contribution >= 0.6 is 0 Å². The second kappa shape index (κ2) is 27.6. The van der Waals surface area contributed by atoms with Crippen molar-refractivity contribution >= 4 is 23.9 Å². The Morgan fingerprint density at radius 3 is 0.786 bits per heavy atom. The summed E-state index contributed by atoms with van der Waals surface area (Å²) in [5.41, 5.74) is 0.323. The number of unbranched alkanes of at least 4 members (excludes halogenated alkanes) is 4. The van der Waals surface area contributed by atoms with Crippen molar-refractivity contribution in [3.05, 3.63) is 58.7 Å². The van der Waals surface area contributed by atoms with Gasteiger partial charge in [-0.1, -0.05) is 0 Å². The summed E-state index contributed by atoms with van der Waals surface area (Å²) in [6.07, 6.45) is 1.13. The highest BCUT2D eigenvalue weighted by atomic mass is 16.5. The van der Waals surface area contributed by atoms with Gasteiger partial charge in [0, 0.05) is 0 Å². The Morgan fingerprint density at radius 1 is 0.375 bits per heavy atom. The van der Waals surface area contributed by atoms with Crippen LogP contribution in [0.25, 0.3) is 11.1 Å². The fourth-order valence-electron chi connectivity index (χ4n) is 5.35. The molecule has 56 heavy (non-hydrogen) atoms. The molecule has 2 rings (SSSR count). The number of carbonyl (C=O) groups excluding carboxylic acids is 4. The highest BCUT2D eigenvalue weighted by Gasteiger charge is 2.20. The monoisotopic (exact) mass is 794 g/mol. The molecule has 0 saturated carbocycles. The Kier molecular flexibility index (Phi) is 23.7. The lowest BCUT2D eigenvalue weighted by Gasteiger charge is -2.14. The van der Waals surface area contributed by atoms with E-state index in [1.54, 1.807) is 0 Å². The van der Waals surface area contributed by atoms with Crippen LogP contribution in [0, 0.1) is 0 Å². The van der Waals surface area contributed by atoms with Crippen LogP contribution in [-0.4, -0.2) is 142 Å². The zero-order valence-corrected chi connectivity index (χ0v) is 31.8. The van der Waals surface area contributed by atoms with Gasteiger partial charge in [0.05, 0.1) is 99.5 Å². The average molecular weight is 795 g/mol. The quantitative estimate of drug-likeness (QED) is 0.0333. The Hall–Kier alpha value is -4.00. The summed E-state index contributed by atoms with van der Waals surface area (Å²) in [7, 11) is 0. The Bertz CT molecular complexity index is 1270. The van der Waals surface area contributed by atoms with Gasteiger partial charge in [0.15, 0.2) is 0 Å². The van der Waals surface area contributed by atoms with E-state index in [9.17, 15) is 39.6 Å². The largest absolute Gasteiger partial charge is 0.462 e. The standard InChI is InChI=1S/C40H58O16/c41-23-33(45)9-1-5-13-53-37(49)29-17-27(18-30(21-29)38(50)54-14-6-2-10-34(46)24-42)28-19-31(39(51)55-15-7-3-11-35(47)25-43)22-32(20-28)40(52)56-16-8-4-12-36(48)26-44/h17-22,33-36,41-48H,1-16,23-26H2. The first-order chi connectivity index (χ1) is 26.9. The van der Waals surface area contributed by atoms with E-state index >= 15 is 0 Å². The van der Waals surface area contributed by atoms with Crippen LogP contribution in [0.4, 0.5) is 0 Å². The maximum Gasteiger partial charge on any atom is 0.338 e. The van der Waals surface area contributed by atoms with Gasteiger partial charge >= 0.3 is 23.9 Å². The molecule has 16 nitrogen and oxygen atoms in total. The van der Waals surface area contributed by atoms with Crippen molar-refractivity contribution in [1.82, 2.24) is 0 Å². The molecule has 0 amide bonds. The lowest BCUT2D eigenvalue weighted by Crippen LogP contribution is -2.14. The van der Waals surface area contributed by atoms with Crippen LogP contribution in [0.2, 0.25) is 0 Å². The van der Waals surface area contributed by atoms with Crippen LogP contribution in [0.1, 0.15) is 118 Å². The van der Waals surface area contributed by atoms with Gasteiger partial charge in [-0.15, -0.1) is 0 Å². The maximum absolute atomic E-state index is 13.2. The first-order valence-corrected chi connectivity index (χ1v) is 19.1. The van der Waals surface area contributed by atoms with Gasteiger partial charge in [-0.05, 0) is 125 Å². The van der Waals surface area contributed by atoms with Crippen LogP contribution in [-0.2, 0) is 18.9 Å². The molecular weight excluding hydrogens is 736 g/mol. The van der Waals surface area contributed by atoms with E-state index in [2.05, 4.69) is 0 Å². The highest BCUT2D eigenvalue weighted by molar-refractivity contribution is 6.00. The zero-order valence-electron chi connectivity index (χ0n) is 31.8. The summed E-state index contributed by atoms with van der Waals surface area (Å²) in [4.78, 5) is 53.0. The lowest BCUT2D eigenvalue weighted by molar-refractivity contribution is 0.0463. The van der Waals surface area contributed by atoms with Crippen molar-refractivity contribution in [1.29, 1.82) is 0 Å². The van der Waals surface area contributed by atoms with Crippen LogP contribution in [0.3, 0.4) is 0 Å². The van der Waals surface area contributed by atoms with Gasteiger partial charge in [0.25, 0.3) is 0 Å². The normalized spacial score (nSPS) is 13.4. The number of hydrogen-bond acceptors (Lipinski definition) is 16. The molecule has 0 radical (unpaired) electrons. The summed E-state index contributed by atoms with van der Waals surface area (Å²) >= 11 is 0. The number of aliphatic hydroxyl groups excluding tert-OH is 8. The molecule has 2 aromatic carbocycles. The van der Waals surface area contributed by atoms with E-state index in [1.165, 1.54) is 36.4 Å². The topological polar surface area (TPSA) is 267 Å².